The van der Waals surface area contributed by atoms with Gasteiger partial charge >= 0.3 is 0 Å². The van der Waals surface area contributed by atoms with Crippen molar-refractivity contribution in [2.24, 2.45) is 0 Å². The van der Waals surface area contributed by atoms with Crippen LogP contribution in [0.4, 0.5) is 0 Å². The normalized spacial score (nSPS) is 15.0. The molecule has 0 radical (unpaired) electrons. The summed E-state index contributed by atoms with van der Waals surface area (Å²) in [4.78, 5) is 12.6. The molecule has 164 valence electrons. The fourth-order valence-corrected chi connectivity index (χ4v) is 4.17. The highest BCUT2D eigenvalue weighted by molar-refractivity contribution is 5.87. The van der Waals surface area contributed by atoms with E-state index < -0.39 is 0 Å². The number of rotatable bonds is 9. The first-order chi connectivity index (χ1) is 15.1. The summed E-state index contributed by atoms with van der Waals surface area (Å²) in [7, 11) is 4.93. The number of carbonyl (C=O) groups is 1. The molecule has 7 nitrogen and oxygen atoms in total. The van der Waals surface area contributed by atoms with E-state index in [1.54, 1.807) is 21.3 Å². The number of ether oxygens (including phenoxy) is 4. The lowest BCUT2D eigenvalue weighted by Crippen LogP contribution is -2.31. The number of aryl methyl sites for hydroxylation is 1. The molecule has 1 aliphatic rings. The molecule has 0 fully saturated rings. The molecule has 3 aromatic rings. The molecule has 31 heavy (non-hydrogen) atoms. The van der Waals surface area contributed by atoms with Crippen LogP contribution in [-0.4, -0.2) is 45.0 Å². The number of benzene rings is 2. The van der Waals surface area contributed by atoms with Gasteiger partial charge in [0.15, 0.2) is 18.1 Å². The van der Waals surface area contributed by atoms with Crippen LogP contribution in [0, 0.1) is 0 Å². The van der Waals surface area contributed by atoms with Gasteiger partial charge in [-0.2, -0.15) is 0 Å². The average Bonchev–Trinajstić information content (AvgIpc) is 3.39. The van der Waals surface area contributed by atoms with E-state index in [9.17, 15) is 4.79 Å². The van der Waals surface area contributed by atoms with Crippen LogP contribution in [0.3, 0.4) is 0 Å². The molecule has 1 unspecified atom stereocenters. The van der Waals surface area contributed by atoms with Crippen molar-refractivity contribution in [3.8, 4) is 17.2 Å². The third kappa shape index (κ3) is 4.32. The predicted molar refractivity (Wildman–Crippen MR) is 118 cm³/mol. The molecular weight excluding hydrogens is 396 g/mol. The van der Waals surface area contributed by atoms with Crippen molar-refractivity contribution in [1.82, 2.24) is 9.88 Å². The van der Waals surface area contributed by atoms with E-state index in [1.807, 2.05) is 42.6 Å². The van der Waals surface area contributed by atoms with Crippen LogP contribution < -0.4 is 19.5 Å². The first-order valence-corrected chi connectivity index (χ1v) is 10.4. The average molecular weight is 424 g/mol. The Morgan fingerprint density at radius 3 is 2.68 bits per heavy atom. The van der Waals surface area contributed by atoms with Gasteiger partial charge in [-0.1, -0.05) is 6.07 Å². The first-order valence-electron chi connectivity index (χ1n) is 10.4. The first kappa shape index (κ1) is 21.1. The van der Waals surface area contributed by atoms with Crippen LogP contribution in [0.25, 0.3) is 10.9 Å². The molecule has 1 aromatic heterocycles. The predicted octanol–water partition coefficient (Wildman–Crippen LogP) is 3.49. The number of hydrogen-bond donors (Lipinski definition) is 1. The molecule has 7 heteroatoms. The Kier molecular flexibility index (Phi) is 6.32. The maximum atomic E-state index is 12.6. The molecule has 0 saturated carbocycles. The summed E-state index contributed by atoms with van der Waals surface area (Å²) in [5.41, 5.74) is 3.30. The van der Waals surface area contributed by atoms with Gasteiger partial charge in [-0.05, 0) is 54.3 Å². The highest BCUT2D eigenvalue weighted by atomic mass is 16.5. The van der Waals surface area contributed by atoms with Gasteiger partial charge in [-0.15, -0.1) is 0 Å². The summed E-state index contributed by atoms with van der Waals surface area (Å²) in [6.45, 7) is 1.36. The second-order valence-corrected chi connectivity index (χ2v) is 7.54. The lowest BCUT2D eigenvalue weighted by molar-refractivity contribution is -0.123. The minimum absolute atomic E-state index is 0.0402. The van der Waals surface area contributed by atoms with Gasteiger partial charge in [0.05, 0.1) is 32.4 Å². The van der Waals surface area contributed by atoms with Gasteiger partial charge in [0.2, 0.25) is 0 Å². The minimum atomic E-state index is -0.150. The second kappa shape index (κ2) is 9.31. The zero-order chi connectivity index (χ0) is 21.8. The molecule has 0 saturated heterocycles. The van der Waals surface area contributed by atoms with Gasteiger partial charge in [0.1, 0.15) is 5.75 Å². The summed E-state index contributed by atoms with van der Waals surface area (Å²) >= 11 is 0. The number of amides is 1. The molecule has 0 aliphatic heterocycles. The Morgan fingerprint density at radius 1 is 1.10 bits per heavy atom. The Labute approximate surface area is 181 Å². The van der Waals surface area contributed by atoms with Crippen molar-refractivity contribution in [2.75, 3.05) is 34.5 Å². The van der Waals surface area contributed by atoms with Crippen LogP contribution in [0.2, 0.25) is 0 Å². The van der Waals surface area contributed by atoms with Gasteiger partial charge in [0.25, 0.3) is 5.91 Å². The third-order valence-electron chi connectivity index (χ3n) is 5.73. The molecule has 1 N–H and O–H groups in total. The van der Waals surface area contributed by atoms with E-state index in [4.69, 9.17) is 18.9 Å². The molecule has 1 heterocycles. The van der Waals surface area contributed by atoms with Crippen molar-refractivity contribution in [3.05, 3.63) is 53.7 Å². The van der Waals surface area contributed by atoms with Crippen LogP contribution in [0.1, 0.15) is 23.6 Å². The number of carbonyl (C=O) groups excluding carboxylic acids is 1. The van der Waals surface area contributed by atoms with Gasteiger partial charge in [-0.25, -0.2) is 0 Å². The Balaban J connectivity index is 1.42. The summed E-state index contributed by atoms with van der Waals surface area (Å²) in [5, 5.41) is 4.07. The Hall–Kier alpha value is -3.19. The number of fused-ring (bicyclic) bond motifs is 2. The monoisotopic (exact) mass is 424 g/mol. The van der Waals surface area contributed by atoms with Crippen molar-refractivity contribution in [1.29, 1.82) is 0 Å². The maximum absolute atomic E-state index is 12.6. The van der Waals surface area contributed by atoms with E-state index in [0.717, 1.165) is 35.9 Å². The third-order valence-corrected chi connectivity index (χ3v) is 5.73. The Morgan fingerprint density at radius 2 is 1.90 bits per heavy atom. The summed E-state index contributed by atoms with van der Waals surface area (Å²) < 4.78 is 24.0. The zero-order valence-electron chi connectivity index (χ0n) is 18.1. The van der Waals surface area contributed by atoms with E-state index >= 15 is 0 Å². The van der Waals surface area contributed by atoms with E-state index in [1.165, 1.54) is 5.56 Å². The molecule has 1 aliphatic carbocycles. The van der Waals surface area contributed by atoms with Crippen LogP contribution >= 0.6 is 0 Å². The molecule has 0 spiro atoms. The highest BCUT2D eigenvalue weighted by Gasteiger charge is 2.26. The van der Waals surface area contributed by atoms with E-state index in [0.29, 0.717) is 23.9 Å². The highest BCUT2D eigenvalue weighted by Crippen LogP contribution is 2.39. The molecule has 2 aromatic carbocycles. The number of methoxy groups -OCH3 is 3. The number of nitrogens with zero attached hydrogens (tertiary/aromatic N) is 1. The topological polar surface area (TPSA) is 71.0 Å². The number of aromatic nitrogens is 1. The van der Waals surface area contributed by atoms with Crippen LogP contribution in [-0.2, 0) is 22.5 Å². The Bertz CT molecular complexity index is 1080. The zero-order valence-corrected chi connectivity index (χ0v) is 18.1. The van der Waals surface area contributed by atoms with Crippen molar-refractivity contribution < 1.29 is 23.7 Å². The van der Waals surface area contributed by atoms with Crippen molar-refractivity contribution in [3.63, 3.8) is 0 Å². The lowest BCUT2D eigenvalue weighted by atomic mass is 10.1. The largest absolute Gasteiger partial charge is 0.493 e. The lowest BCUT2D eigenvalue weighted by Gasteiger charge is -2.16. The molecular formula is C24H28N2O5. The summed E-state index contributed by atoms with van der Waals surface area (Å²) in [6, 6.07) is 11.8. The van der Waals surface area contributed by atoms with Crippen molar-refractivity contribution >= 4 is 16.8 Å². The number of hydrogen-bond acceptors (Lipinski definition) is 5. The van der Waals surface area contributed by atoms with E-state index in [2.05, 4.69) is 9.88 Å². The standard InChI is InChI=1S/C24H28N2O5/c1-28-12-11-26-10-9-17-20(26)5-4-6-21(17)31-15-24(27)25-19-8-7-16-13-22(29-2)23(30-3)14-18(16)19/h4-6,9-10,13-14,19H,7-8,11-12,15H2,1-3H3,(H,25,27). The van der Waals surface area contributed by atoms with E-state index in [-0.39, 0.29) is 18.6 Å². The smallest absolute Gasteiger partial charge is 0.258 e. The molecule has 0 bridgehead atoms. The summed E-state index contributed by atoms with van der Waals surface area (Å²) in [5.74, 6) is 1.93. The van der Waals surface area contributed by atoms with Crippen LogP contribution in [0.15, 0.2) is 42.6 Å². The van der Waals surface area contributed by atoms with Crippen LogP contribution in [0.5, 0.6) is 17.2 Å². The minimum Gasteiger partial charge on any atom is -0.493 e. The fourth-order valence-electron chi connectivity index (χ4n) is 4.17. The summed E-state index contributed by atoms with van der Waals surface area (Å²) in [6.07, 6.45) is 3.73. The van der Waals surface area contributed by atoms with Crippen molar-refractivity contribution in [2.45, 2.75) is 25.4 Å². The number of nitrogens with one attached hydrogen (secondary N) is 1. The second-order valence-electron chi connectivity index (χ2n) is 7.54. The fraction of sp³-hybridized carbons (Fsp3) is 0.375. The molecule has 4 rings (SSSR count). The van der Waals surface area contributed by atoms with Gasteiger partial charge in [-0.3, -0.25) is 4.79 Å². The maximum Gasteiger partial charge on any atom is 0.258 e. The van der Waals surface area contributed by atoms with Gasteiger partial charge < -0.3 is 28.8 Å². The van der Waals surface area contributed by atoms with Gasteiger partial charge in [0, 0.05) is 25.2 Å². The quantitative estimate of drug-likeness (QED) is 0.569. The molecule has 1 amide bonds. The molecule has 1 atom stereocenters. The SMILES string of the molecule is COCCn1ccc2c(OCC(=O)NC3CCc4cc(OC)c(OC)cc43)cccc21.